The number of benzene rings is 3. The zero-order valence-corrected chi connectivity index (χ0v) is 25.3. The zero-order chi connectivity index (χ0) is 31.6. The average Bonchev–Trinajstić information content (AvgIpc) is 3.67. The second-order valence-corrected chi connectivity index (χ2v) is 11.8. The first kappa shape index (κ1) is 30.7. The lowest BCUT2D eigenvalue weighted by molar-refractivity contribution is -0.137. The lowest BCUT2D eigenvalue weighted by Crippen LogP contribution is -2.23. The van der Waals surface area contributed by atoms with Gasteiger partial charge in [0.25, 0.3) is 5.56 Å². The summed E-state index contributed by atoms with van der Waals surface area (Å²) in [5, 5.41) is 12.7. The van der Waals surface area contributed by atoms with Crippen molar-refractivity contribution < 1.29 is 17.6 Å². The third kappa shape index (κ3) is 6.86. The first-order valence-electron chi connectivity index (χ1n) is 14.5. The van der Waals surface area contributed by atoms with Crippen LogP contribution in [0, 0.1) is 5.82 Å². The fraction of sp³-hybridized carbons (Fsp3) is 0.273. The van der Waals surface area contributed by atoms with Gasteiger partial charge in [-0.3, -0.25) is 4.79 Å². The maximum Gasteiger partial charge on any atom is 0.416 e. The van der Waals surface area contributed by atoms with Crippen molar-refractivity contribution in [1.29, 1.82) is 0 Å². The first-order chi connectivity index (χ1) is 21.7. The predicted octanol–water partition coefficient (Wildman–Crippen LogP) is 6.26. The number of rotatable bonds is 10. The summed E-state index contributed by atoms with van der Waals surface area (Å²) < 4.78 is 56.5. The molecule has 7 nitrogen and oxygen atoms in total. The van der Waals surface area contributed by atoms with Crippen molar-refractivity contribution in [2.45, 2.75) is 56.0 Å². The van der Waals surface area contributed by atoms with E-state index in [9.17, 15) is 22.4 Å². The number of halogens is 4. The van der Waals surface area contributed by atoms with Gasteiger partial charge in [-0.05, 0) is 72.8 Å². The first-order valence-corrected chi connectivity index (χ1v) is 15.5. The number of thioether (sulfide) groups is 1. The lowest BCUT2D eigenvalue weighted by atomic mass is 10.0. The smallest absolute Gasteiger partial charge is 0.316 e. The van der Waals surface area contributed by atoms with E-state index in [0.717, 1.165) is 58.7 Å². The van der Waals surface area contributed by atoms with Crippen molar-refractivity contribution in [2.24, 2.45) is 0 Å². The maximum atomic E-state index is 13.4. The SMILES string of the molecule is CNCc1nnc(Cn2c(SCc3ccc(F)cc3)nc(=O)c3c2CCC3)n1Cc1ccc(-c2ccc(C(F)(F)F)cc2)cc1. The molecule has 6 rings (SSSR count). The van der Waals surface area contributed by atoms with E-state index in [4.69, 9.17) is 0 Å². The van der Waals surface area contributed by atoms with Crippen molar-refractivity contribution >= 4 is 11.8 Å². The van der Waals surface area contributed by atoms with E-state index in [1.165, 1.54) is 36.0 Å². The monoisotopic (exact) mass is 634 g/mol. The number of alkyl halides is 3. The van der Waals surface area contributed by atoms with E-state index in [1.807, 2.05) is 35.9 Å². The standard InChI is InChI=1S/C33H30F4N6OS/c1-38-17-29-40-41-30(43(29)18-21-5-9-23(10-6-21)24-11-13-25(14-12-24)33(35,36)37)19-42-28-4-2-3-27(28)31(44)39-32(42)45-20-22-7-15-26(34)16-8-22/h5-16,38H,2-4,17-20H2,1H3. The summed E-state index contributed by atoms with van der Waals surface area (Å²) >= 11 is 1.43. The van der Waals surface area contributed by atoms with Crippen LogP contribution in [0.15, 0.2) is 82.7 Å². The molecule has 0 spiro atoms. The molecular formula is C33H30F4N6OS. The highest BCUT2D eigenvalue weighted by Crippen LogP contribution is 2.31. The van der Waals surface area contributed by atoms with E-state index >= 15 is 0 Å². The van der Waals surface area contributed by atoms with Gasteiger partial charge in [-0.2, -0.15) is 18.2 Å². The summed E-state index contributed by atoms with van der Waals surface area (Å²) in [6.45, 7) is 1.32. The third-order valence-electron chi connectivity index (χ3n) is 7.86. The normalized spacial score (nSPS) is 12.9. The van der Waals surface area contributed by atoms with E-state index < -0.39 is 11.7 Å². The number of fused-ring (bicyclic) bond motifs is 1. The van der Waals surface area contributed by atoms with E-state index in [1.54, 1.807) is 12.1 Å². The molecule has 12 heteroatoms. The number of aromatic nitrogens is 5. The van der Waals surface area contributed by atoms with Gasteiger partial charge in [0, 0.05) is 17.0 Å². The molecule has 232 valence electrons. The fourth-order valence-corrected chi connectivity index (χ4v) is 6.49. The molecule has 5 aromatic rings. The maximum absolute atomic E-state index is 13.4. The molecule has 1 aliphatic carbocycles. The number of nitrogens with one attached hydrogen (secondary N) is 1. The predicted molar refractivity (Wildman–Crippen MR) is 164 cm³/mol. The third-order valence-corrected chi connectivity index (χ3v) is 8.91. The summed E-state index contributed by atoms with van der Waals surface area (Å²) in [6, 6.07) is 19.1. The molecule has 0 amide bonds. The summed E-state index contributed by atoms with van der Waals surface area (Å²) in [6.07, 6.45) is -2.05. The van der Waals surface area contributed by atoms with Gasteiger partial charge in [-0.1, -0.05) is 60.3 Å². The lowest BCUT2D eigenvalue weighted by Gasteiger charge is -2.18. The molecule has 0 aliphatic heterocycles. The minimum absolute atomic E-state index is 0.203. The molecule has 0 unspecified atom stereocenters. The molecule has 0 fully saturated rings. The van der Waals surface area contributed by atoms with Gasteiger partial charge < -0.3 is 14.5 Å². The Morgan fingerprint density at radius 3 is 2.13 bits per heavy atom. The summed E-state index contributed by atoms with van der Waals surface area (Å²) in [7, 11) is 1.83. The van der Waals surface area contributed by atoms with Gasteiger partial charge in [0.05, 0.1) is 25.2 Å². The highest BCUT2D eigenvalue weighted by atomic mass is 32.2. The molecule has 2 heterocycles. The molecule has 3 aromatic carbocycles. The Morgan fingerprint density at radius 1 is 0.822 bits per heavy atom. The van der Waals surface area contributed by atoms with Crippen molar-refractivity contribution in [3.8, 4) is 11.1 Å². The van der Waals surface area contributed by atoms with Crippen LogP contribution in [0.5, 0.6) is 0 Å². The van der Waals surface area contributed by atoms with Crippen LogP contribution in [-0.2, 0) is 44.4 Å². The highest BCUT2D eigenvalue weighted by molar-refractivity contribution is 7.98. The number of nitrogens with zero attached hydrogens (tertiary/aromatic N) is 5. The molecule has 0 saturated heterocycles. The molecule has 1 N–H and O–H groups in total. The molecule has 0 bridgehead atoms. The quantitative estimate of drug-likeness (QED) is 0.111. The minimum atomic E-state index is -4.38. The van der Waals surface area contributed by atoms with Crippen molar-refractivity contribution in [1.82, 2.24) is 29.6 Å². The van der Waals surface area contributed by atoms with Gasteiger partial charge in [0.15, 0.2) is 11.0 Å². The van der Waals surface area contributed by atoms with Gasteiger partial charge in [0.2, 0.25) is 0 Å². The number of hydrogen-bond donors (Lipinski definition) is 1. The van der Waals surface area contributed by atoms with Crippen molar-refractivity contribution in [3.63, 3.8) is 0 Å². The summed E-state index contributed by atoms with van der Waals surface area (Å²) in [4.78, 5) is 17.4. The van der Waals surface area contributed by atoms with Crippen LogP contribution in [0.1, 0.15) is 46.0 Å². The van der Waals surface area contributed by atoms with Crippen LogP contribution >= 0.6 is 11.8 Å². The Bertz CT molecular complexity index is 1850. The van der Waals surface area contributed by atoms with Gasteiger partial charge >= 0.3 is 6.18 Å². The zero-order valence-electron chi connectivity index (χ0n) is 24.4. The topological polar surface area (TPSA) is 77.6 Å². The molecule has 0 saturated carbocycles. The fourth-order valence-electron chi connectivity index (χ4n) is 5.53. The van der Waals surface area contributed by atoms with E-state index in [2.05, 4.69) is 25.1 Å². The van der Waals surface area contributed by atoms with Crippen LogP contribution in [-0.4, -0.2) is 31.4 Å². The molecule has 0 atom stereocenters. The summed E-state index contributed by atoms with van der Waals surface area (Å²) in [5.41, 5.74) is 4.21. The van der Waals surface area contributed by atoms with E-state index in [-0.39, 0.29) is 11.4 Å². The Morgan fingerprint density at radius 2 is 1.47 bits per heavy atom. The molecule has 0 radical (unpaired) electrons. The average molecular weight is 635 g/mol. The second kappa shape index (κ2) is 13.0. The van der Waals surface area contributed by atoms with Gasteiger partial charge in [-0.15, -0.1) is 10.2 Å². The van der Waals surface area contributed by atoms with Crippen LogP contribution in [0.4, 0.5) is 17.6 Å². The molecule has 2 aromatic heterocycles. The molecular weight excluding hydrogens is 604 g/mol. The minimum Gasteiger partial charge on any atom is -0.316 e. The second-order valence-electron chi connectivity index (χ2n) is 10.9. The van der Waals surface area contributed by atoms with Crippen molar-refractivity contribution in [3.05, 3.63) is 129 Å². The Hall–Kier alpha value is -4.29. The van der Waals surface area contributed by atoms with Gasteiger partial charge in [0.1, 0.15) is 11.6 Å². The number of hydrogen-bond acceptors (Lipinski definition) is 6. The van der Waals surface area contributed by atoms with Crippen LogP contribution in [0.2, 0.25) is 0 Å². The highest BCUT2D eigenvalue weighted by Gasteiger charge is 2.30. The largest absolute Gasteiger partial charge is 0.416 e. The Balaban J connectivity index is 1.28. The Labute approximate surface area is 261 Å². The van der Waals surface area contributed by atoms with E-state index in [0.29, 0.717) is 48.4 Å². The Kier molecular flexibility index (Phi) is 8.86. The molecule has 45 heavy (non-hydrogen) atoms. The van der Waals surface area contributed by atoms with Crippen LogP contribution < -0.4 is 10.9 Å². The molecule has 1 aliphatic rings. The van der Waals surface area contributed by atoms with Gasteiger partial charge in [-0.25, -0.2) is 4.39 Å². The summed E-state index contributed by atoms with van der Waals surface area (Å²) in [5.74, 6) is 1.66. The van der Waals surface area contributed by atoms with Crippen LogP contribution in [0.25, 0.3) is 11.1 Å². The van der Waals surface area contributed by atoms with Crippen LogP contribution in [0.3, 0.4) is 0 Å². The van der Waals surface area contributed by atoms with Crippen molar-refractivity contribution in [2.75, 3.05) is 7.05 Å².